The lowest BCUT2D eigenvalue weighted by Crippen LogP contribution is -2.54. The van der Waals surface area contributed by atoms with Gasteiger partial charge in [-0.1, -0.05) is 6.07 Å². The minimum absolute atomic E-state index is 0. The second-order valence-electron chi connectivity index (χ2n) is 5.29. The molecule has 1 aromatic rings. The number of nitrogens with two attached hydrogens (primary N) is 1. The number of hydrogen-bond donors (Lipinski definition) is 4. The van der Waals surface area contributed by atoms with E-state index in [0.29, 0.717) is 44.0 Å². The first-order chi connectivity index (χ1) is 10.5. The van der Waals surface area contributed by atoms with Crippen LogP contribution in [0.4, 0.5) is 16.2 Å². The zero-order valence-electron chi connectivity index (χ0n) is 13.1. The number of benzene rings is 1. The normalized spacial score (nSPS) is 15.9. The molecule has 0 bridgehead atoms. The smallest absolute Gasteiger partial charge is 0.319 e. The maximum Gasteiger partial charge on any atom is 0.319 e. The van der Waals surface area contributed by atoms with Gasteiger partial charge >= 0.3 is 6.03 Å². The summed E-state index contributed by atoms with van der Waals surface area (Å²) in [5, 5.41) is 8.14. The van der Waals surface area contributed by atoms with Crippen molar-refractivity contribution in [1.29, 1.82) is 0 Å². The van der Waals surface area contributed by atoms with Crippen molar-refractivity contribution in [3.05, 3.63) is 24.3 Å². The maximum absolute atomic E-state index is 12.3. The SMILES string of the molecule is CCNC(=O)Nc1cccc(NC(=O)C2(N)CCOCC2)c1.Cl. The average molecular weight is 343 g/mol. The van der Waals surface area contributed by atoms with E-state index in [9.17, 15) is 9.59 Å². The van der Waals surface area contributed by atoms with Crippen LogP contribution in [-0.4, -0.2) is 37.2 Å². The van der Waals surface area contributed by atoms with Crippen LogP contribution < -0.4 is 21.7 Å². The predicted molar refractivity (Wildman–Crippen MR) is 92.0 cm³/mol. The van der Waals surface area contributed by atoms with E-state index in [1.54, 1.807) is 24.3 Å². The quantitative estimate of drug-likeness (QED) is 0.668. The van der Waals surface area contributed by atoms with Crippen LogP contribution in [0.2, 0.25) is 0 Å². The van der Waals surface area contributed by atoms with Gasteiger partial charge in [0, 0.05) is 31.1 Å². The summed E-state index contributed by atoms with van der Waals surface area (Å²) >= 11 is 0. The largest absolute Gasteiger partial charge is 0.381 e. The van der Waals surface area contributed by atoms with E-state index in [-0.39, 0.29) is 24.3 Å². The van der Waals surface area contributed by atoms with Crippen LogP contribution in [0.25, 0.3) is 0 Å². The van der Waals surface area contributed by atoms with Gasteiger partial charge in [0.1, 0.15) is 5.54 Å². The zero-order chi connectivity index (χ0) is 16.0. The molecular formula is C15H23ClN4O3. The Balaban J connectivity index is 0.00000264. The summed E-state index contributed by atoms with van der Waals surface area (Å²) in [5.41, 5.74) is 6.43. The average Bonchev–Trinajstić information content (AvgIpc) is 2.48. The van der Waals surface area contributed by atoms with Gasteiger partial charge in [-0.2, -0.15) is 0 Å². The molecule has 128 valence electrons. The van der Waals surface area contributed by atoms with Crippen LogP contribution in [0.1, 0.15) is 19.8 Å². The molecule has 0 spiro atoms. The number of urea groups is 1. The molecule has 0 aromatic heterocycles. The summed E-state index contributed by atoms with van der Waals surface area (Å²) in [7, 11) is 0. The Morgan fingerprint density at radius 2 is 1.83 bits per heavy atom. The fourth-order valence-corrected chi connectivity index (χ4v) is 2.23. The maximum atomic E-state index is 12.3. The van der Waals surface area contributed by atoms with Crippen molar-refractivity contribution in [2.45, 2.75) is 25.3 Å². The number of carbonyl (C=O) groups excluding carboxylic acids is 2. The van der Waals surface area contributed by atoms with Crippen molar-refractivity contribution in [1.82, 2.24) is 5.32 Å². The van der Waals surface area contributed by atoms with Crippen molar-refractivity contribution >= 4 is 35.7 Å². The summed E-state index contributed by atoms with van der Waals surface area (Å²) < 4.78 is 5.24. The Morgan fingerprint density at radius 1 is 1.22 bits per heavy atom. The molecule has 0 radical (unpaired) electrons. The molecule has 1 aliphatic rings. The standard InChI is InChI=1S/C15H22N4O3.ClH/c1-2-17-14(21)19-12-5-3-4-11(10-12)18-13(20)15(16)6-8-22-9-7-15;/h3-5,10H,2,6-9,16H2,1H3,(H,18,20)(H2,17,19,21);1H. The molecule has 5 N–H and O–H groups in total. The van der Waals surface area contributed by atoms with Gasteiger partial charge in [0.05, 0.1) is 0 Å². The molecule has 0 atom stereocenters. The minimum atomic E-state index is -0.902. The van der Waals surface area contributed by atoms with E-state index in [2.05, 4.69) is 16.0 Å². The highest BCUT2D eigenvalue weighted by molar-refractivity contribution is 5.99. The third-order valence-electron chi connectivity index (χ3n) is 3.55. The van der Waals surface area contributed by atoms with Gasteiger partial charge in [-0.15, -0.1) is 12.4 Å². The number of amides is 3. The van der Waals surface area contributed by atoms with E-state index in [1.807, 2.05) is 6.92 Å². The first-order valence-corrected chi connectivity index (χ1v) is 7.36. The van der Waals surface area contributed by atoms with Gasteiger partial charge in [0.2, 0.25) is 5.91 Å². The summed E-state index contributed by atoms with van der Waals surface area (Å²) in [5.74, 6) is -0.231. The highest BCUT2D eigenvalue weighted by atomic mass is 35.5. The molecule has 1 fully saturated rings. The highest BCUT2D eigenvalue weighted by Crippen LogP contribution is 2.21. The van der Waals surface area contributed by atoms with Crippen molar-refractivity contribution in [3.8, 4) is 0 Å². The van der Waals surface area contributed by atoms with Gasteiger partial charge in [-0.25, -0.2) is 4.79 Å². The van der Waals surface area contributed by atoms with Crippen molar-refractivity contribution in [2.24, 2.45) is 5.73 Å². The second-order valence-corrected chi connectivity index (χ2v) is 5.29. The minimum Gasteiger partial charge on any atom is -0.381 e. The summed E-state index contributed by atoms with van der Waals surface area (Å²) in [6.07, 6.45) is 0.991. The van der Waals surface area contributed by atoms with Crippen LogP contribution in [0.3, 0.4) is 0 Å². The Hall–Kier alpha value is -1.83. The van der Waals surface area contributed by atoms with E-state index in [4.69, 9.17) is 10.5 Å². The fourth-order valence-electron chi connectivity index (χ4n) is 2.23. The number of ether oxygens (including phenoxy) is 1. The molecular weight excluding hydrogens is 320 g/mol. The van der Waals surface area contributed by atoms with Crippen molar-refractivity contribution in [3.63, 3.8) is 0 Å². The number of nitrogens with one attached hydrogen (secondary N) is 3. The van der Waals surface area contributed by atoms with Crippen LogP contribution in [0.5, 0.6) is 0 Å². The fraction of sp³-hybridized carbons (Fsp3) is 0.467. The molecule has 2 rings (SSSR count). The lowest BCUT2D eigenvalue weighted by atomic mass is 9.90. The lowest BCUT2D eigenvalue weighted by molar-refractivity contribution is -0.124. The van der Waals surface area contributed by atoms with Crippen LogP contribution in [-0.2, 0) is 9.53 Å². The molecule has 8 heteroatoms. The van der Waals surface area contributed by atoms with Crippen molar-refractivity contribution in [2.75, 3.05) is 30.4 Å². The number of halogens is 1. The van der Waals surface area contributed by atoms with E-state index in [1.165, 1.54) is 0 Å². The molecule has 0 unspecified atom stereocenters. The summed E-state index contributed by atoms with van der Waals surface area (Å²) in [4.78, 5) is 23.8. The molecule has 1 aromatic carbocycles. The van der Waals surface area contributed by atoms with Gasteiger partial charge < -0.3 is 26.4 Å². The lowest BCUT2D eigenvalue weighted by Gasteiger charge is -2.31. The van der Waals surface area contributed by atoms with Crippen molar-refractivity contribution < 1.29 is 14.3 Å². The monoisotopic (exact) mass is 342 g/mol. The molecule has 3 amide bonds. The molecule has 1 saturated heterocycles. The Kier molecular flexibility index (Phi) is 7.28. The highest BCUT2D eigenvalue weighted by Gasteiger charge is 2.35. The third-order valence-corrected chi connectivity index (χ3v) is 3.55. The zero-order valence-corrected chi connectivity index (χ0v) is 13.9. The van der Waals surface area contributed by atoms with Crippen LogP contribution in [0, 0.1) is 0 Å². The molecule has 0 saturated carbocycles. The van der Waals surface area contributed by atoms with Gasteiger partial charge in [0.15, 0.2) is 0 Å². The first-order valence-electron chi connectivity index (χ1n) is 7.36. The molecule has 0 aliphatic carbocycles. The van der Waals surface area contributed by atoms with Crippen LogP contribution in [0.15, 0.2) is 24.3 Å². The Morgan fingerprint density at radius 3 is 2.43 bits per heavy atom. The molecule has 7 nitrogen and oxygen atoms in total. The van der Waals surface area contributed by atoms with Crippen LogP contribution >= 0.6 is 12.4 Å². The van der Waals surface area contributed by atoms with Gasteiger partial charge in [-0.3, -0.25) is 4.79 Å². The molecule has 1 heterocycles. The van der Waals surface area contributed by atoms with E-state index < -0.39 is 5.54 Å². The first kappa shape index (κ1) is 19.2. The number of rotatable bonds is 4. The van der Waals surface area contributed by atoms with E-state index >= 15 is 0 Å². The number of carbonyl (C=O) groups is 2. The Labute approximate surface area is 141 Å². The summed E-state index contributed by atoms with van der Waals surface area (Å²) in [6.45, 7) is 3.36. The number of anilines is 2. The molecule has 23 heavy (non-hydrogen) atoms. The second kappa shape index (κ2) is 8.71. The van der Waals surface area contributed by atoms with Gasteiger partial charge in [0.25, 0.3) is 0 Å². The Bertz CT molecular complexity index is 547. The third kappa shape index (κ3) is 5.38. The molecule has 1 aliphatic heterocycles. The van der Waals surface area contributed by atoms with Gasteiger partial charge in [-0.05, 0) is 38.0 Å². The summed E-state index contributed by atoms with van der Waals surface area (Å²) in [6, 6.07) is 6.66. The topological polar surface area (TPSA) is 105 Å². The van der Waals surface area contributed by atoms with E-state index in [0.717, 1.165) is 0 Å². The number of hydrogen-bond acceptors (Lipinski definition) is 4. The predicted octanol–water partition coefficient (Wildman–Crippen LogP) is 1.70.